The van der Waals surface area contributed by atoms with E-state index in [4.69, 9.17) is 4.99 Å². The Hall–Kier alpha value is -0.610. The van der Waals surface area contributed by atoms with E-state index in [-0.39, 0.29) is 0 Å². The summed E-state index contributed by atoms with van der Waals surface area (Å²) in [4.78, 5) is 5.96. The summed E-state index contributed by atoms with van der Waals surface area (Å²) in [6, 6.07) is 8.78. The number of rotatable bonds is 2. The number of thioether (sulfide) groups is 2. The second-order valence-corrected chi connectivity index (χ2v) is 6.15. The van der Waals surface area contributed by atoms with E-state index in [0.717, 1.165) is 16.6 Å². The summed E-state index contributed by atoms with van der Waals surface area (Å²) in [6.45, 7) is 4.44. The van der Waals surface area contributed by atoms with E-state index in [9.17, 15) is 0 Å². The molecule has 0 amide bonds. The molecule has 1 aliphatic heterocycles. The molecule has 1 aromatic carbocycles. The topological polar surface area (TPSA) is 24.4 Å². The van der Waals surface area contributed by atoms with E-state index < -0.39 is 0 Å². The van der Waals surface area contributed by atoms with Gasteiger partial charge in [0.25, 0.3) is 0 Å². The zero-order valence-electron chi connectivity index (χ0n) is 10.4. The van der Waals surface area contributed by atoms with Crippen molar-refractivity contribution in [2.45, 2.75) is 24.8 Å². The molecule has 4 heteroatoms. The van der Waals surface area contributed by atoms with Gasteiger partial charge in [-0.2, -0.15) is 0 Å². The summed E-state index contributed by atoms with van der Waals surface area (Å²) in [5.41, 5.74) is 1.16. The highest BCUT2D eigenvalue weighted by molar-refractivity contribution is 8.14. The summed E-state index contributed by atoms with van der Waals surface area (Å²) in [5, 5.41) is 4.50. The summed E-state index contributed by atoms with van der Waals surface area (Å²) < 4.78 is 0. The summed E-state index contributed by atoms with van der Waals surface area (Å²) in [5.74, 6) is 1.82. The van der Waals surface area contributed by atoms with E-state index in [1.165, 1.54) is 4.90 Å². The molecule has 2 nitrogen and oxygen atoms in total. The number of benzene rings is 1. The number of nitrogens with one attached hydrogen (secondary N) is 1. The minimum atomic E-state index is 0.417. The third-order valence-electron chi connectivity index (χ3n) is 2.98. The van der Waals surface area contributed by atoms with Gasteiger partial charge in [-0.1, -0.05) is 30.8 Å². The summed E-state index contributed by atoms with van der Waals surface area (Å²) >= 11 is 3.58. The van der Waals surface area contributed by atoms with Crippen LogP contribution in [0.1, 0.15) is 13.8 Å². The van der Waals surface area contributed by atoms with Crippen molar-refractivity contribution in [1.82, 2.24) is 0 Å². The molecule has 0 saturated carbocycles. The lowest BCUT2D eigenvalue weighted by molar-refractivity contribution is 0.537. The molecule has 2 atom stereocenters. The average molecular weight is 266 g/mol. The maximum Gasteiger partial charge on any atom is 0.161 e. The lowest BCUT2D eigenvalue weighted by Gasteiger charge is -2.24. The van der Waals surface area contributed by atoms with Crippen LogP contribution in [-0.2, 0) is 0 Å². The standard InChI is InChI=1S/C13H18N2S2/c1-9-8-17-13(14-10(9)2)15-11-6-4-5-7-12(11)16-3/h4-7,9-10H,8H2,1-3H3,(H,14,15). The fraction of sp³-hybridized carbons (Fsp3) is 0.462. The largest absolute Gasteiger partial charge is 0.334 e. The van der Waals surface area contributed by atoms with Crippen LogP contribution in [0.25, 0.3) is 0 Å². The maximum absolute atomic E-state index is 4.69. The Kier molecular flexibility index (Phi) is 4.40. The number of hydrogen-bond acceptors (Lipinski definition) is 4. The van der Waals surface area contributed by atoms with Gasteiger partial charge in [-0.3, -0.25) is 4.99 Å². The SMILES string of the molecule is CSc1ccccc1NC1=NC(C)C(C)CS1. The van der Waals surface area contributed by atoms with Gasteiger partial charge >= 0.3 is 0 Å². The van der Waals surface area contributed by atoms with Crippen LogP contribution in [0, 0.1) is 5.92 Å². The van der Waals surface area contributed by atoms with Crippen LogP contribution in [-0.4, -0.2) is 23.2 Å². The van der Waals surface area contributed by atoms with Crippen LogP contribution in [0.4, 0.5) is 5.69 Å². The maximum atomic E-state index is 4.69. The van der Waals surface area contributed by atoms with E-state index in [1.54, 1.807) is 11.8 Å². The van der Waals surface area contributed by atoms with Crippen molar-refractivity contribution in [3.8, 4) is 0 Å². The first kappa shape index (κ1) is 12.8. The van der Waals surface area contributed by atoms with E-state index in [2.05, 4.69) is 49.7 Å². The van der Waals surface area contributed by atoms with Crippen molar-refractivity contribution in [2.24, 2.45) is 10.9 Å². The quantitative estimate of drug-likeness (QED) is 0.820. The molecule has 0 aromatic heterocycles. The number of para-hydroxylation sites is 1. The Morgan fingerprint density at radius 1 is 1.35 bits per heavy atom. The predicted octanol–water partition coefficient (Wildman–Crippen LogP) is 3.95. The van der Waals surface area contributed by atoms with Gasteiger partial charge in [-0.25, -0.2) is 0 Å². The van der Waals surface area contributed by atoms with Crippen LogP contribution in [0.5, 0.6) is 0 Å². The first-order chi connectivity index (χ1) is 8.20. The zero-order chi connectivity index (χ0) is 12.3. The lowest BCUT2D eigenvalue weighted by Crippen LogP contribution is -2.25. The molecule has 17 heavy (non-hydrogen) atoms. The van der Waals surface area contributed by atoms with Crippen LogP contribution in [0.2, 0.25) is 0 Å². The highest BCUT2D eigenvalue weighted by Crippen LogP contribution is 2.28. The van der Waals surface area contributed by atoms with Crippen molar-refractivity contribution in [1.29, 1.82) is 0 Å². The van der Waals surface area contributed by atoms with Crippen molar-refractivity contribution in [3.05, 3.63) is 24.3 Å². The molecule has 2 unspecified atom stereocenters. The average Bonchev–Trinajstić information content (AvgIpc) is 2.34. The molecule has 0 radical (unpaired) electrons. The number of anilines is 1. The molecule has 92 valence electrons. The molecule has 0 bridgehead atoms. The van der Waals surface area contributed by atoms with Crippen LogP contribution in [0.15, 0.2) is 34.2 Å². The predicted molar refractivity (Wildman–Crippen MR) is 80.4 cm³/mol. The van der Waals surface area contributed by atoms with E-state index in [0.29, 0.717) is 12.0 Å². The van der Waals surface area contributed by atoms with Crippen molar-refractivity contribution in [3.63, 3.8) is 0 Å². The molecule has 0 aliphatic carbocycles. The first-order valence-electron chi connectivity index (χ1n) is 5.81. The third kappa shape index (κ3) is 3.19. The summed E-state index contributed by atoms with van der Waals surface area (Å²) in [7, 11) is 0. The van der Waals surface area contributed by atoms with Crippen LogP contribution >= 0.6 is 23.5 Å². The number of hydrogen-bond donors (Lipinski definition) is 1. The molecule has 1 heterocycles. The number of amidine groups is 1. The second kappa shape index (κ2) is 5.83. The smallest absolute Gasteiger partial charge is 0.161 e. The summed E-state index contributed by atoms with van der Waals surface area (Å²) in [6.07, 6.45) is 2.10. The van der Waals surface area contributed by atoms with Crippen LogP contribution in [0.3, 0.4) is 0 Å². The van der Waals surface area contributed by atoms with Gasteiger partial charge in [0.1, 0.15) is 0 Å². The molecule has 0 spiro atoms. The number of nitrogens with zero attached hydrogens (tertiary/aromatic N) is 1. The molecular formula is C13H18N2S2. The lowest BCUT2D eigenvalue weighted by atomic mass is 10.1. The van der Waals surface area contributed by atoms with Gasteiger partial charge < -0.3 is 5.32 Å². The second-order valence-electron chi connectivity index (χ2n) is 4.29. The minimum absolute atomic E-state index is 0.417. The zero-order valence-corrected chi connectivity index (χ0v) is 12.1. The molecule has 1 aliphatic rings. The van der Waals surface area contributed by atoms with E-state index in [1.807, 2.05) is 11.8 Å². The fourth-order valence-electron chi connectivity index (χ4n) is 1.63. The molecule has 0 fully saturated rings. The Morgan fingerprint density at radius 2 is 2.12 bits per heavy atom. The molecule has 1 N–H and O–H groups in total. The highest BCUT2D eigenvalue weighted by atomic mass is 32.2. The third-order valence-corrected chi connectivity index (χ3v) is 4.95. The van der Waals surface area contributed by atoms with Crippen molar-refractivity contribution < 1.29 is 0 Å². The van der Waals surface area contributed by atoms with Gasteiger partial charge in [-0.05, 0) is 31.2 Å². The Morgan fingerprint density at radius 3 is 2.82 bits per heavy atom. The highest BCUT2D eigenvalue weighted by Gasteiger charge is 2.19. The molecular weight excluding hydrogens is 248 g/mol. The Labute approximate surface area is 112 Å². The Bertz CT molecular complexity index is 418. The monoisotopic (exact) mass is 266 g/mol. The molecule has 1 aromatic rings. The van der Waals surface area contributed by atoms with Crippen molar-refractivity contribution in [2.75, 3.05) is 17.3 Å². The Balaban J connectivity index is 2.13. The van der Waals surface area contributed by atoms with Gasteiger partial charge in [0.15, 0.2) is 5.17 Å². The first-order valence-corrected chi connectivity index (χ1v) is 8.02. The molecule has 0 saturated heterocycles. The van der Waals surface area contributed by atoms with Crippen molar-refractivity contribution >= 4 is 34.4 Å². The van der Waals surface area contributed by atoms with Crippen LogP contribution < -0.4 is 5.32 Å². The minimum Gasteiger partial charge on any atom is -0.334 e. The fourth-order valence-corrected chi connectivity index (χ4v) is 3.31. The number of aliphatic imine (C=N–C) groups is 1. The van der Waals surface area contributed by atoms with Gasteiger partial charge in [-0.15, -0.1) is 11.8 Å². The van der Waals surface area contributed by atoms with E-state index >= 15 is 0 Å². The van der Waals surface area contributed by atoms with Gasteiger partial charge in [0.05, 0.1) is 11.7 Å². The van der Waals surface area contributed by atoms with Gasteiger partial charge in [0, 0.05) is 10.6 Å². The normalized spacial score (nSPS) is 24.3. The molecule has 2 rings (SSSR count). The van der Waals surface area contributed by atoms with Gasteiger partial charge in [0.2, 0.25) is 0 Å².